The molecule has 0 aliphatic rings. The molecule has 0 saturated carbocycles. The standard InChI is InChI=1S/C17H24N2O/c1-3-5-6-13(4-2)12-19-17(20)15-7-8-16-14(11-15)9-10-18-16/h7-11,13,18H,3-6,12H2,1-2H3,(H,19,20)/t13-/m1/s1. The first-order valence-electron chi connectivity index (χ1n) is 7.60. The fourth-order valence-electron chi connectivity index (χ4n) is 2.48. The highest BCUT2D eigenvalue weighted by molar-refractivity contribution is 5.98. The molecule has 1 aromatic heterocycles. The minimum Gasteiger partial charge on any atom is -0.361 e. The molecule has 108 valence electrons. The number of aromatic amines is 1. The number of hydrogen-bond donors (Lipinski definition) is 2. The summed E-state index contributed by atoms with van der Waals surface area (Å²) in [5, 5.41) is 4.15. The summed E-state index contributed by atoms with van der Waals surface area (Å²) in [5.41, 5.74) is 1.80. The Morgan fingerprint density at radius 1 is 1.30 bits per heavy atom. The summed E-state index contributed by atoms with van der Waals surface area (Å²) < 4.78 is 0. The Labute approximate surface area is 120 Å². The molecule has 2 aromatic rings. The highest BCUT2D eigenvalue weighted by atomic mass is 16.1. The number of hydrogen-bond acceptors (Lipinski definition) is 1. The molecule has 0 fully saturated rings. The summed E-state index contributed by atoms with van der Waals surface area (Å²) in [4.78, 5) is 15.3. The van der Waals surface area contributed by atoms with Crippen LogP contribution in [-0.2, 0) is 0 Å². The predicted octanol–water partition coefficient (Wildman–Crippen LogP) is 4.11. The fraction of sp³-hybridized carbons (Fsp3) is 0.471. The summed E-state index contributed by atoms with van der Waals surface area (Å²) in [7, 11) is 0. The first kappa shape index (κ1) is 14.6. The van der Waals surface area contributed by atoms with E-state index in [1.807, 2.05) is 30.5 Å². The average Bonchev–Trinajstić information content (AvgIpc) is 2.94. The van der Waals surface area contributed by atoms with Gasteiger partial charge in [-0.2, -0.15) is 0 Å². The van der Waals surface area contributed by atoms with Crippen molar-refractivity contribution in [1.82, 2.24) is 10.3 Å². The summed E-state index contributed by atoms with van der Waals surface area (Å²) in [6, 6.07) is 7.76. The average molecular weight is 272 g/mol. The van der Waals surface area contributed by atoms with E-state index in [0.29, 0.717) is 5.92 Å². The van der Waals surface area contributed by atoms with Gasteiger partial charge in [0.05, 0.1) is 0 Å². The summed E-state index contributed by atoms with van der Waals surface area (Å²) >= 11 is 0. The maximum atomic E-state index is 12.2. The Morgan fingerprint density at radius 3 is 2.90 bits per heavy atom. The fourth-order valence-corrected chi connectivity index (χ4v) is 2.48. The van der Waals surface area contributed by atoms with Gasteiger partial charge in [-0.25, -0.2) is 0 Å². The van der Waals surface area contributed by atoms with Crippen LogP contribution in [0.15, 0.2) is 30.5 Å². The topological polar surface area (TPSA) is 44.9 Å². The summed E-state index contributed by atoms with van der Waals surface area (Å²) in [5.74, 6) is 0.623. The van der Waals surface area contributed by atoms with Gasteiger partial charge in [-0.1, -0.05) is 33.1 Å². The van der Waals surface area contributed by atoms with Crippen LogP contribution in [0.25, 0.3) is 10.9 Å². The molecule has 0 bridgehead atoms. The number of nitrogens with one attached hydrogen (secondary N) is 2. The molecule has 2 rings (SSSR count). The van der Waals surface area contributed by atoms with Gasteiger partial charge in [-0.05, 0) is 36.6 Å². The van der Waals surface area contributed by atoms with Crippen LogP contribution in [0.1, 0.15) is 49.9 Å². The van der Waals surface area contributed by atoms with Gasteiger partial charge >= 0.3 is 0 Å². The molecule has 0 aliphatic carbocycles. The van der Waals surface area contributed by atoms with Crippen LogP contribution in [0.2, 0.25) is 0 Å². The van der Waals surface area contributed by atoms with Crippen LogP contribution in [0.3, 0.4) is 0 Å². The van der Waals surface area contributed by atoms with E-state index in [0.717, 1.165) is 29.4 Å². The van der Waals surface area contributed by atoms with Crippen LogP contribution in [-0.4, -0.2) is 17.4 Å². The highest BCUT2D eigenvalue weighted by Crippen LogP contribution is 2.15. The molecule has 1 aromatic carbocycles. The number of amides is 1. The molecular formula is C17H24N2O. The lowest BCUT2D eigenvalue weighted by Crippen LogP contribution is -2.29. The van der Waals surface area contributed by atoms with Gasteiger partial charge in [0.2, 0.25) is 0 Å². The van der Waals surface area contributed by atoms with Crippen LogP contribution in [0, 0.1) is 5.92 Å². The third-order valence-electron chi connectivity index (χ3n) is 3.91. The number of carbonyl (C=O) groups is 1. The molecular weight excluding hydrogens is 248 g/mol. The Morgan fingerprint density at radius 2 is 2.15 bits per heavy atom. The number of benzene rings is 1. The van der Waals surface area contributed by atoms with Crippen molar-refractivity contribution in [2.24, 2.45) is 5.92 Å². The molecule has 0 unspecified atom stereocenters. The number of H-pyrrole nitrogens is 1. The maximum Gasteiger partial charge on any atom is 0.251 e. The molecule has 1 atom stereocenters. The van der Waals surface area contributed by atoms with Crippen molar-refractivity contribution in [3.05, 3.63) is 36.0 Å². The molecule has 3 heteroatoms. The van der Waals surface area contributed by atoms with E-state index in [-0.39, 0.29) is 5.91 Å². The Hall–Kier alpha value is -1.77. The van der Waals surface area contributed by atoms with E-state index in [1.165, 1.54) is 19.3 Å². The summed E-state index contributed by atoms with van der Waals surface area (Å²) in [6.45, 7) is 5.18. The van der Waals surface area contributed by atoms with Gasteiger partial charge in [0, 0.05) is 29.2 Å². The number of aromatic nitrogens is 1. The van der Waals surface area contributed by atoms with E-state index in [4.69, 9.17) is 0 Å². The SMILES string of the molecule is CCCC[C@@H](CC)CNC(=O)c1ccc2[nH]ccc2c1. The predicted molar refractivity (Wildman–Crippen MR) is 83.9 cm³/mol. The van der Waals surface area contributed by atoms with Gasteiger partial charge in [0.25, 0.3) is 5.91 Å². The molecule has 2 N–H and O–H groups in total. The first-order valence-corrected chi connectivity index (χ1v) is 7.60. The lowest BCUT2D eigenvalue weighted by molar-refractivity contribution is 0.0946. The monoisotopic (exact) mass is 272 g/mol. The molecule has 0 radical (unpaired) electrons. The van der Waals surface area contributed by atoms with Crippen molar-refractivity contribution in [3.8, 4) is 0 Å². The van der Waals surface area contributed by atoms with E-state index in [9.17, 15) is 4.79 Å². The van der Waals surface area contributed by atoms with Gasteiger partial charge in [0.15, 0.2) is 0 Å². The van der Waals surface area contributed by atoms with E-state index < -0.39 is 0 Å². The lowest BCUT2D eigenvalue weighted by Gasteiger charge is -2.15. The largest absolute Gasteiger partial charge is 0.361 e. The molecule has 0 saturated heterocycles. The van der Waals surface area contributed by atoms with Crippen LogP contribution in [0.4, 0.5) is 0 Å². The molecule has 3 nitrogen and oxygen atoms in total. The van der Waals surface area contributed by atoms with E-state index >= 15 is 0 Å². The normalized spacial score (nSPS) is 12.5. The van der Waals surface area contributed by atoms with Crippen molar-refractivity contribution in [2.75, 3.05) is 6.54 Å². The smallest absolute Gasteiger partial charge is 0.251 e. The number of rotatable bonds is 7. The van der Waals surface area contributed by atoms with Crippen molar-refractivity contribution in [2.45, 2.75) is 39.5 Å². The van der Waals surface area contributed by atoms with Gasteiger partial charge in [-0.3, -0.25) is 4.79 Å². The molecule has 1 amide bonds. The van der Waals surface area contributed by atoms with Crippen molar-refractivity contribution >= 4 is 16.8 Å². The highest BCUT2D eigenvalue weighted by Gasteiger charge is 2.10. The minimum atomic E-state index is 0.0306. The van der Waals surface area contributed by atoms with Gasteiger partial charge in [0.1, 0.15) is 0 Å². The van der Waals surface area contributed by atoms with Crippen molar-refractivity contribution in [3.63, 3.8) is 0 Å². The molecule has 1 heterocycles. The minimum absolute atomic E-state index is 0.0306. The molecule has 0 spiro atoms. The molecule has 20 heavy (non-hydrogen) atoms. The van der Waals surface area contributed by atoms with E-state index in [2.05, 4.69) is 24.1 Å². The lowest BCUT2D eigenvalue weighted by atomic mass is 9.99. The van der Waals surface area contributed by atoms with Crippen molar-refractivity contribution in [1.29, 1.82) is 0 Å². The van der Waals surface area contributed by atoms with Gasteiger partial charge < -0.3 is 10.3 Å². The van der Waals surface area contributed by atoms with Crippen LogP contribution in [0.5, 0.6) is 0 Å². The second-order valence-electron chi connectivity index (χ2n) is 5.41. The zero-order valence-electron chi connectivity index (χ0n) is 12.4. The first-order chi connectivity index (χ1) is 9.74. The second kappa shape index (κ2) is 7.13. The summed E-state index contributed by atoms with van der Waals surface area (Å²) in [6.07, 6.45) is 6.67. The third-order valence-corrected chi connectivity index (χ3v) is 3.91. The zero-order chi connectivity index (χ0) is 14.4. The Kier molecular flexibility index (Phi) is 5.22. The number of unbranched alkanes of at least 4 members (excludes halogenated alkanes) is 1. The Balaban J connectivity index is 1.93. The van der Waals surface area contributed by atoms with Crippen LogP contribution >= 0.6 is 0 Å². The Bertz CT molecular complexity index is 559. The molecule has 0 aliphatic heterocycles. The third kappa shape index (κ3) is 3.62. The van der Waals surface area contributed by atoms with E-state index in [1.54, 1.807) is 0 Å². The quantitative estimate of drug-likeness (QED) is 0.782. The number of carbonyl (C=O) groups excluding carboxylic acids is 1. The second-order valence-corrected chi connectivity index (χ2v) is 5.41. The van der Waals surface area contributed by atoms with Crippen LogP contribution < -0.4 is 5.32 Å². The number of fused-ring (bicyclic) bond motifs is 1. The van der Waals surface area contributed by atoms with Crippen molar-refractivity contribution < 1.29 is 4.79 Å². The zero-order valence-corrected chi connectivity index (χ0v) is 12.4. The maximum absolute atomic E-state index is 12.2. The van der Waals surface area contributed by atoms with Gasteiger partial charge in [-0.15, -0.1) is 0 Å².